The van der Waals surface area contributed by atoms with E-state index < -0.39 is 12.2 Å². The Kier molecular flexibility index (Phi) is 4.04. The Balaban J connectivity index is 2.20. The van der Waals surface area contributed by atoms with Crippen LogP contribution >= 0.6 is 0 Å². The minimum atomic E-state index is -0.454. The first kappa shape index (κ1) is 13.4. The minimum absolute atomic E-state index is 0.0874. The number of carbonyl (C=O) groups excluding carboxylic acids is 2. The van der Waals surface area contributed by atoms with Gasteiger partial charge in [0.1, 0.15) is 6.10 Å². The summed E-state index contributed by atoms with van der Waals surface area (Å²) in [6.07, 6.45) is -0.0658. The van der Waals surface area contributed by atoms with Crippen molar-refractivity contribution in [3.8, 4) is 0 Å². The highest BCUT2D eigenvalue weighted by Crippen LogP contribution is 2.30. The molecular formula is C14H17NO4. The number of hydrogen-bond acceptors (Lipinski definition) is 4. The lowest BCUT2D eigenvalue weighted by Crippen LogP contribution is -2.37. The Morgan fingerprint density at radius 3 is 2.63 bits per heavy atom. The molecule has 0 bridgehead atoms. The van der Waals surface area contributed by atoms with Crippen LogP contribution in [0.1, 0.15) is 19.8 Å². The summed E-state index contributed by atoms with van der Waals surface area (Å²) >= 11 is 0. The monoisotopic (exact) mass is 263 g/mol. The van der Waals surface area contributed by atoms with Crippen LogP contribution in [0.15, 0.2) is 30.3 Å². The third-order valence-corrected chi connectivity index (χ3v) is 3.26. The normalized spacial score (nSPS) is 22.2. The number of cyclic esters (lactones) is 1. The summed E-state index contributed by atoms with van der Waals surface area (Å²) in [7, 11) is 1.33. The van der Waals surface area contributed by atoms with E-state index in [1.807, 2.05) is 37.3 Å². The number of para-hydroxylation sites is 1. The summed E-state index contributed by atoms with van der Waals surface area (Å²) in [5.74, 6) is -0.369. The number of anilines is 1. The Bertz CT molecular complexity index is 460. The van der Waals surface area contributed by atoms with Gasteiger partial charge in [0.25, 0.3) is 0 Å². The molecule has 1 heterocycles. The average molecular weight is 263 g/mol. The molecule has 0 aromatic heterocycles. The zero-order valence-corrected chi connectivity index (χ0v) is 11.0. The topological polar surface area (TPSA) is 55.8 Å². The molecule has 1 aromatic carbocycles. The average Bonchev–Trinajstić information content (AvgIpc) is 2.75. The third-order valence-electron chi connectivity index (χ3n) is 3.26. The van der Waals surface area contributed by atoms with Crippen LogP contribution in [-0.4, -0.2) is 31.3 Å². The van der Waals surface area contributed by atoms with Crippen molar-refractivity contribution < 1.29 is 19.1 Å². The standard InChI is InChI=1S/C14H17NO4/c1-3-11-12(9-13(16)18-2)19-14(17)15(11)10-7-5-4-6-8-10/h4-8,11-12H,3,9H2,1-2H3/t11-,12-/m0/s1. The molecule has 0 radical (unpaired) electrons. The van der Waals surface area contributed by atoms with E-state index in [0.717, 1.165) is 5.69 Å². The summed E-state index contributed by atoms with van der Waals surface area (Å²) in [6, 6.07) is 9.17. The van der Waals surface area contributed by atoms with Gasteiger partial charge in [0.2, 0.25) is 0 Å². The second-order valence-electron chi connectivity index (χ2n) is 4.38. The fourth-order valence-electron chi connectivity index (χ4n) is 2.32. The molecule has 1 aliphatic heterocycles. The number of benzene rings is 1. The molecule has 1 fully saturated rings. The Hall–Kier alpha value is -2.04. The van der Waals surface area contributed by atoms with Crippen molar-refractivity contribution in [2.45, 2.75) is 31.9 Å². The summed E-state index contributed by atoms with van der Waals surface area (Å²) in [4.78, 5) is 24.9. The van der Waals surface area contributed by atoms with Crippen molar-refractivity contribution in [3.63, 3.8) is 0 Å². The highest BCUT2D eigenvalue weighted by Gasteiger charge is 2.42. The molecule has 0 spiro atoms. The van der Waals surface area contributed by atoms with E-state index in [0.29, 0.717) is 6.42 Å². The van der Waals surface area contributed by atoms with Crippen LogP contribution in [0.4, 0.5) is 10.5 Å². The lowest BCUT2D eigenvalue weighted by molar-refractivity contribution is -0.142. The lowest BCUT2D eigenvalue weighted by atomic mass is 10.0. The van der Waals surface area contributed by atoms with Crippen molar-refractivity contribution in [2.75, 3.05) is 12.0 Å². The number of hydrogen-bond donors (Lipinski definition) is 0. The van der Waals surface area contributed by atoms with E-state index in [4.69, 9.17) is 4.74 Å². The Morgan fingerprint density at radius 1 is 1.37 bits per heavy atom. The van der Waals surface area contributed by atoms with Gasteiger partial charge in [-0.25, -0.2) is 4.79 Å². The number of esters is 1. The summed E-state index contributed by atoms with van der Waals surface area (Å²) in [5.41, 5.74) is 0.784. The largest absolute Gasteiger partial charge is 0.469 e. The number of ether oxygens (including phenoxy) is 2. The van der Waals surface area contributed by atoms with E-state index >= 15 is 0 Å². The van der Waals surface area contributed by atoms with Crippen molar-refractivity contribution in [2.24, 2.45) is 0 Å². The predicted octanol–water partition coefficient (Wildman–Crippen LogP) is 2.35. The molecule has 1 aliphatic rings. The van der Waals surface area contributed by atoms with Crippen LogP contribution in [0.2, 0.25) is 0 Å². The Morgan fingerprint density at radius 2 is 2.05 bits per heavy atom. The van der Waals surface area contributed by atoms with Gasteiger partial charge in [-0.15, -0.1) is 0 Å². The van der Waals surface area contributed by atoms with Crippen LogP contribution in [0, 0.1) is 0 Å². The van der Waals surface area contributed by atoms with E-state index in [-0.39, 0.29) is 18.4 Å². The van der Waals surface area contributed by atoms with Gasteiger partial charge in [-0.05, 0) is 18.6 Å². The molecule has 1 amide bonds. The molecular weight excluding hydrogens is 246 g/mol. The maximum absolute atomic E-state index is 12.0. The van der Waals surface area contributed by atoms with Gasteiger partial charge in [0, 0.05) is 5.69 Å². The molecule has 1 saturated heterocycles. The van der Waals surface area contributed by atoms with Gasteiger partial charge in [-0.1, -0.05) is 25.1 Å². The van der Waals surface area contributed by atoms with Crippen LogP contribution < -0.4 is 4.90 Å². The van der Waals surface area contributed by atoms with Crippen LogP contribution in [0.3, 0.4) is 0 Å². The molecule has 2 rings (SSSR count). The molecule has 1 aromatic rings. The highest BCUT2D eigenvalue weighted by atomic mass is 16.6. The Labute approximate surface area is 112 Å². The van der Waals surface area contributed by atoms with E-state index in [1.54, 1.807) is 4.90 Å². The third kappa shape index (κ3) is 2.70. The quantitative estimate of drug-likeness (QED) is 0.782. The molecule has 0 unspecified atom stereocenters. The first-order chi connectivity index (χ1) is 9.17. The molecule has 2 atom stereocenters. The van der Waals surface area contributed by atoms with Crippen molar-refractivity contribution >= 4 is 17.7 Å². The summed E-state index contributed by atoms with van der Waals surface area (Å²) < 4.78 is 9.92. The van der Waals surface area contributed by atoms with Gasteiger partial charge in [0.05, 0.1) is 19.6 Å². The molecule has 5 heteroatoms. The second kappa shape index (κ2) is 5.73. The number of rotatable bonds is 4. The maximum atomic E-state index is 12.0. The zero-order valence-electron chi connectivity index (χ0n) is 11.0. The highest BCUT2D eigenvalue weighted by molar-refractivity contribution is 5.91. The first-order valence-electron chi connectivity index (χ1n) is 6.29. The fourth-order valence-corrected chi connectivity index (χ4v) is 2.32. The van der Waals surface area contributed by atoms with Gasteiger partial charge >= 0.3 is 12.1 Å². The second-order valence-corrected chi connectivity index (χ2v) is 4.38. The number of amides is 1. The predicted molar refractivity (Wildman–Crippen MR) is 69.9 cm³/mol. The van der Waals surface area contributed by atoms with Crippen LogP contribution in [0.5, 0.6) is 0 Å². The van der Waals surface area contributed by atoms with Gasteiger partial charge in [-0.3, -0.25) is 9.69 Å². The van der Waals surface area contributed by atoms with Gasteiger partial charge in [-0.2, -0.15) is 0 Å². The number of methoxy groups -OCH3 is 1. The van der Waals surface area contributed by atoms with Crippen molar-refractivity contribution in [1.29, 1.82) is 0 Å². The fraction of sp³-hybridized carbons (Fsp3) is 0.429. The molecule has 5 nitrogen and oxygen atoms in total. The minimum Gasteiger partial charge on any atom is -0.469 e. The van der Waals surface area contributed by atoms with Crippen LogP contribution in [0.25, 0.3) is 0 Å². The number of nitrogens with zero attached hydrogens (tertiary/aromatic N) is 1. The van der Waals surface area contributed by atoms with E-state index in [9.17, 15) is 9.59 Å². The van der Waals surface area contributed by atoms with Gasteiger partial charge < -0.3 is 9.47 Å². The zero-order chi connectivity index (χ0) is 13.8. The van der Waals surface area contributed by atoms with Crippen molar-refractivity contribution in [3.05, 3.63) is 30.3 Å². The summed E-state index contributed by atoms with van der Waals surface area (Å²) in [6.45, 7) is 1.97. The maximum Gasteiger partial charge on any atom is 0.415 e. The first-order valence-corrected chi connectivity index (χ1v) is 6.29. The molecule has 102 valence electrons. The summed E-state index contributed by atoms with van der Waals surface area (Å²) in [5, 5.41) is 0. The molecule has 19 heavy (non-hydrogen) atoms. The molecule has 0 saturated carbocycles. The van der Waals surface area contributed by atoms with Gasteiger partial charge in [0.15, 0.2) is 0 Å². The van der Waals surface area contributed by atoms with E-state index in [1.165, 1.54) is 7.11 Å². The number of carbonyl (C=O) groups is 2. The van der Waals surface area contributed by atoms with Crippen LogP contribution in [-0.2, 0) is 14.3 Å². The van der Waals surface area contributed by atoms with Crippen molar-refractivity contribution in [1.82, 2.24) is 0 Å². The SMILES string of the molecule is CC[C@H]1[C@H](CC(=O)OC)OC(=O)N1c1ccccc1. The molecule has 0 aliphatic carbocycles. The molecule has 0 N–H and O–H groups in total. The smallest absolute Gasteiger partial charge is 0.415 e. The lowest BCUT2D eigenvalue weighted by Gasteiger charge is -2.22. The van der Waals surface area contributed by atoms with E-state index in [2.05, 4.69) is 4.74 Å².